The van der Waals surface area contributed by atoms with E-state index in [-0.39, 0.29) is 18.4 Å². The number of nitrogens with one attached hydrogen (secondary N) is 2. The first kappa shape index (κ1) is 19.2. The van der Waals surface area contributed by atoms with E-state index in [1.54, 1.807) is 19.1 Å². The summed E-state index contributed by atoms with van der Waals surface area (Å²) < 4.78 is 0. The minimum absolute atomic E-state index is 0.0635. The Morgan fingerprint density at radius 2 is 1.71 bits per heavy atom. The van der Waals surface area contributed by atoms with Crippen LogP contribution in [-0.2, 0) is 22.6 Å². The maximum Gasteiger partial charge on any atom is 0.248 e. The first-order valence-electron chi connectivity index (χ1n) is 9.15. The number of anilines is 2. The van der Waals surface area contributed by atoms with E-state index >= 15 is 0 Å². The zero-order valence-electron chi connectivity index (χ0n) is 15.8. The number of aromatic nitrogens is 4. The number of tetrazole rings is 1. The van der Waals surface area contributed by atoms with Gasteiger partial charge < -0.3 is 10.6 Å². The van der Waals surface area contributed by atoms with Gasteiger partial charge in [-0.05, 0) is 41.5 Å². The van der Waals surface area contributed by atoms with Crippen molar-refractivity contribution in [3.05, 3.63) is 54.1 Å². The summed E-state index contributed by atoms with van der Waals surface area (Å²) in [7, 11) is 0. The molecule has 8 nitrogen and oxygen atoms in total. The van der Waals surface area contributed by atoms with E-state index in [9.17, 15) is 9.59 Å². The summed E-state index contributed by atoms with van der Waals surface area (Å²) in [6, 6.07) is 14.9. The molecule has 0 saturated heterocycles. The number of para-hydroxylation sites is 1. The number of hydrogen-bond acceptors (Lipinski definition) is 5. The number of aryl methyl sites for hydroxylation is 1. The van der Waals surface area contributed by atoms with Crippen molar-refractivity contribution in [2.24, 2.45) is 0 Å². The Bertz CT molecular complexity index is 965. The molecule has 2 N–H and O–H groups in total. The van der Waals surface area contributed by atoms with E-state index in [0.717, 1.165) is 12.1 Å². The average molecular weight is 378 g/mol. The van der Waals surface area contributed by atoms with E-state index in [1.165, 1.54) is 10.4 Å². The van der Waals surface area contributed by atoms with Crippen molar-refractivity contribution in [1.82, 2.24) is 20.2 Å². The average Bonchev–Trinajstić information content (AvgIpc) is 3.17. The molecular weight excluding hydrogens is 356 g/mol. The van der Waals surface area contributed by atoms with Gasteiger partial charge in [0, 0.05) is 17.7 Å². The van der Waals surface area contributed by atoms with Crippen LogP contribution in [0.4, 0.5) is 11.4 Å². The molecule has 3 rings (SSSR count). The highest BCUT2D eigenvalue weighted by Crippen LogP contribution is 2.24. The van der Waals surface area contributed by atoms with E-state index in [0.29, 0.717) is 23.5 Å². The summed E-state index contributed by atoms with van der Waals surface area (Å²) >= 11 is 0. The summed E-state index contributed by atoms with van der Waals surface area (Å²) in [6.07, 6.45) is 1.31. The first-order valence-corrected chi connectivity index (χ1v) is 9.15. The summed E-state index contributed by atoms with van der Waals surface area (Å²) in [4.78, 5) is 25.2. The monoisotopic (exact) mass is 378 g/mol. The van der Waals surface area contributed by atoms with Crippen LogP contribution < -0.4 is 10.6 Å². The molecule has 2 amide bonds. The zero-order chi connectivity index (χ0) is 19.9. The molecule has 0 unspecified atom stereocenters. The van der Waals surface area contributed by atoms with Gasteiger partial charge in [-0.3, -0.25) is 9.59 Å². The van der Waals surface area contributed by atoms with Gasteiger partial charge in [0.2, 0.25) is 17.6 Å². The van der Waals surface area contributed by atoms with Crippen LogP contribution in [0, 0.1) is 0 Å². The molecule has 0 bridgehead atoms. The van der Waals surface area contributed by atoms with Crippen LogP contribution in [0.2, 0.25) is 0 Å². The molecule has 1 heterocycles. The standard InChI is InChI=1S/C20H22N6O2/c1-3-14-9-11-15(12-10-14)21-19(28)13-26-24-20(23-25-26)16-7-5-6-8-17(16)22-18(27)4-2/h5-12H,3-4,13H2,1-2H3,(H,21,28)(H,22,27). The van der Waals surface area contributed by atoms with Gasteiger partial charge in [0.05, 0.1) is 5.69 Å². The Morgan fingerprint density at radius 3 is 2.43 bits per heavy atom. The third kappa shape index (κ3) is 4.79. The Kier molecular flexibility index (Phi) is 6.11. The fourth-order valence-corrected chi connectivity index (χ4v) is 2.60. The third-order valence-corrected chi connectivity index (χ3v) is 4.15. The molecule has 28 heavy (non-hydrogen) atoms. The highest BCUT2D eigenvalue weighted by molar-refractivity contribution is 5.94. The Balaban J connectivity index is 1.68. The van der Waals surface area contributed by atoms with Gasteiger partial charge in [0.15, 0.2) is 0 Å². The van der Waals surface area contributed by atoms with Crippen molar-refractivity contribution in [2.75, 3.05) is 10.6 Å². The molecular formula is C20H22N6O2. The molecule has 0 spiro atoms. The topological polar surface area (TPSA) is 102 Å². The molecule has 0 aliphatic rings. The Hall–Kier alpha value is -3.55. The second-order valence-electron chi connectivity index (χ2n) is 6.19. The fourth-order valence-electron chi connectivity index (χ4n) is 2.60. The molecule has 8 heteroatoms. The van der Waals surface area contributed by atoms with Gasteiger partial charge in [0.1, 0.15) is 6.54 Å². The molecule has 0 fully saturated rings. The molecule has 1 aromatic heterocycles. The van der Waals surface area contributed by atoms with Crippen molar-refractivity contribution in [2.45, 2.75) is 33.2 Å². The predicted octanol–water partition coefficient (Wildman–Crippen LogP) is 2.89. The molecule has 0 aliphatic heterocycles. The lowest BCUT2D eigenvalue weighted by Gasteiger charge is -2.07. The SMILES string of the molecule is CCC(=O)Nc1ccccc1-c1nnn(CC(=O)Nc2ccc(CC)cc2)n1. The number of hydrogen-bond donors (Lipinski definition) is 2. The van der Waals surface area contributed by atoms with E-state index in [4.69, 9.17) is 0 Å². The van der Waals surface area contributed by atoms with Gasteiger partial charge in [-0.1, -0.05) is 38.1 Å². The van der Waals surface area contributed by atoms with Crippen molar-refractivity contribution in [3.8, 4) is 11.4 Å². The molecule has 144 valence electrons. The van der Waals surface area contributed by atoms with Crippen LogP contribution in [0.25, 0.3) is 11.4 Å². The van der Waals surface area contributed by atoms with Gasteiger partial charge in [-0.25, -0.2) is 0 Å². The number of carbonyl (C=O) groups excluding carboxylic acids is 2. The van der Waals surface area contributed by atoms with E-state index in [2.05, 4.69) is 33.0 Å². The number of nitrogens with zero attached hydrogens (tertiary/aromatic N) is 4. The molecule has 0 aliphatic carbocycles. The number of benzene rings is 2. The maximum atomic E-state index is 12.2. The lowest BCUT2D eigenvalue weighted by Crippen LogP contribution is -2.20. The van der Waals surface area contributed by atoms with E-state index < -0.39 is 0 Å². The minimum Gasteiger partial charge on any atom is -0.325 e. The third-order valence-electron chi connectivity index (χ3n) is 4.15. The highest BCUT2D eigenvalue weighted by Gasteiger charge is 2.13. The number of rotatable bonds is 7. The van der Waals surface area contributed by atoms with Crippen LogP contribution in [0.15, 0.2) is 48.5 Å². The first-order chi connectivity index (χ1) is 13.6. The van der Waals surface area contributed by atoms with Crippen molar-refractivity contribution < 1.29 is 9.59 Å². The molecule has 3 aromatic rings. The Labute approximate surface area is 163 Å². The fraction of sp³-hybridized carbons (Fsp3) is 0.250. The van der Waals surface area contributed by atoms with Crippen LogP contribution in [-0.4, -0.2) is 32.0 Å². The minimum atomic E-state index is -0.249. The smallest absolute Gasteiger partial charge is 0.248 e. The predicted molar refractivity (Wildman–Crippen MR) is 107 cm³/mol. The molecule has 2 aromatic carbocycles. The van der Waals surface area contributed by atoms with Crippen molar-refractivity contribution in [1.29, 1.82) is 0 Å². The van der Waals surface area contributed by atoms with Crippen LogP contribution >= 0.6 is 0 Å². The van der Waals surface area contributed by atoms with Gasteiger partial charge in [-0.15, -0.1) is 10.2 Å². The number of amides is 2. The van der Waals surface area contributed by atoms with Crippen LogP contribution in [0.5, 0.6) is 0 Å². The molecule has 0 atom stereocenters. The normalized spacial score (nSPS) is 10.5. The molecule has 0 saturated carbocycles. The van der Waals surface area contributed by atoms with E-state index in [1.807, 2.05) is 36.4 Å². The maximum absolute atomic E-state index is 12.2. The summed E-state index contributed by atoms with van der Waals surface area (Å²) in [5, 5.41) is 17.8. The van der Waals surface area contributed by atoms with Crippen molar-refractivity contribution >= 4 is 23.2 Å². The van der Waals surface area contributed by atoms with Crippen LogP contribution in [0.3, 0.4) is 0 Å². The number of carbonyl (C=O) groups is 2. The summed E-state index contributed by atoms with van der Waals surface area (Å²) in [6.45, 7) is 3.79. The van der Waals surface area contributed by atoms with Gasteiger partial charge in [0.25, 0.3) is 0 Å². The largest absolute Gasteiger partial charge is 0.325 e. The van der Waals surface area contributed by atoms with Gasteiger partial charge >= 0.3 is 0 Å². The summed E-state index contributed by atoms with van der Waals surface area (Å²) in [5.41, 5.74) is 3.17. The molecule has 0 radical (unpaired) electrons. The van der Waals surface area contributed by atoms with Gasteiger partial charge in [-0.2, -0.15) is 4.80 Å². The second kappa shape index (κ2) is 8.90. The van der Waals surface area contributed by atoms with Crippen molar-refractivity contribution in [3.63, 3.8) is 0 Å². The van der Waals surface area contributed by atoms with Crippen LogP contribution in [0.1, 0.15) is 25.8 Å². The lowest BCUT2D eigenvalue weighted by molar-refractivity contribution is -0.117. The lowest BCUT2D eigenvalue weighted by atomic mass is 10.1. The second-order valence-corrected chi connectivity index (χ2v) is 6.19. The quantitative estimate of drug-likeness (QED) is 0.658. The Morgan fingerprint density at radius 1 is 0.964 bits per heavy atom. The zero-order valence-corrected chi connectivity index (χ0v) is 15.8. The highest BCUT2D eigenvalue weighted by atomic mass is 16.2. The summed E-state index contributed by atoms with van der Waals surface area (Å²) in [5.74, 6) is -0.0128.